The van der Waals surface area contributed by atoms with Gasteiger partial charge in [-0.1, -0.05) is 0 Å². The van der Waals surface area contributed by atoms with E-state index < -0.39 is 0 Å². The first-order chi connectivity index (χ1) is 4.93. The third-order valence-electron chi connectivity index (χ3n) is 1.64. The molecule has 1 aliphatic rings. The molecule has 1 rings (SSSR count). The molecule has 0 fully saturated rings. The van der Waals surface area contributed by atoms with Crippen molar-refractivity contribution in [1.82, 2.24) is 5.32 Å². The van der Waals surface area contributed by atoms with Crippen LogP contribution in [-0.4, -0.2) is 30.6 Å². The van der Waals surface area contributed by atoms with E-state index in [-0.39, 0.29) is 6.61 Å². The van der Waals surface area contributed by atoms with Gasteiger partial charge in [0.05, 0.1) is 13.2 Å². The van der Waals surface area contributed by atoms with E-state index in [1.54, 1.807) is 0 Å². The molecule has 0 bridgehead atoms. The number of nitrogens with one attached hydrogen (secondary N) is 2. The van der Waals surface area contributed by atoms with Crippen LogP contribution in [-0.2, 0) is 0 Å². The van der Waals surface area contributed by atoms with E-state index in [0.717, 1.165) is 13.0 Å². The Morgan fingerprint density at radius 2 is 2.40 bits per heavy atom. The van der Waals surface area contributed by atoms with E-state index in [9.17, 15) is 0 Å². The van der Waals surface area contributed by atoms with Gasteiger partial charge in [-0.3, -0.25) is 10.3 Å². The average molecular weight is 143 g/mol. The van der Waals surface area contributed by atoms with Crippen molar-refractivity contribution in [1.29, 1.82) is 0 Å². The van der Waals surface area contributed by atoms with Crippen LogP contribution in [0.25, 0.3) is 0 Å². The zero-order chi connectivity index (χ0) is 7.23. The summed E-state index contributed by atoms with van der Waals surface area (Å²) in [5, 5.41) is 11.6. The fourth-order valence-electron chi connectivity index (χ4n) is 1.11. The van der Waals surface area contributed by atoms with Gasteiger partial charge < -0.3 is 5.11 Å². The summed E-state index contributed by atoms with van der Waals surface area (Å²) in [6, 6.07) is 0. The Balaban J connectivity index is 2.18. The lowest BCUT2D eigenvalue weighted by Gasteiger charge is -2.06. The van der Waals surface area contributed by atoms with Crippen molar-refractivity contribution in [3.8, 4) is 0 Å². The molecule has 3 N–H and O–H groups in total. The maximum absolute atomic E-state index is 8.49. The fourth-order valence-corrected chi connectivity index (χ4v) is 1.11. The number of aliphatic hydroxyl groups is 1. The van der Waals surface area contributed by atoms with Crippen LogP contribution in [0, 0.1) is 0 Å². The van der Waals surface area contributed by atoms with Crippen molar-refractivity contribution in [2.45, 2.75) is 19.3 Å². The highest BCUT2D eigenvalue weighted by Crippen LogP contribution is 1.93. The molecule has 0 radical (unpaired) electrons. The van der Waals surface area contributed by atoms with Crippen molar-refractivity contribution < 1.29 is 10.1 Å². The van der Waals surface area contributed by atoms with Gasteiger partial charge in [0.2, 0.25) is 5.84 Å². The molecule has 0 aromatic heterocycles. The maximum Gasteiger partial charge on any atom is 0.242 e. The Labute approximate surface area is 61.2 Å². The molecule has 3 heteroatoms. The largest absolute Gasteiger partial charge is 0.392 e. The van der Waals surface area contributed by atoms with Gasteiger partial charge in [-0.25, -0.2) is 0 Å². The Morgan fingerprint density at radius 1 is 1.50 bits per heavy atom. The molecule has 3 nitrogen and oxygen atoms in total. The van der Waals surface area contributed by atoms with Crippen molar-refractivity contribution in [2.24, 2.45) is 0 Å². The molecule has 1 aliphatic heterocycles. The van der Waals surface area contributed by atoms with E-state index in [2.05, 4.69) is 10.3 Å². The summed E-state index contributed by atoms with van der Waals surface area (Å²) in [5.74, 6) is 1.19. The second-order valence-electron chi connectivity index (χ2n) is 2.51. The summed E-state index contributed by atoms with van der Waals surface area (Å²) in [6.45, 7) is 1.96. The van der Waals surface area contributed by atoms with Crippen LogP contribution in [0.1, 0.15) is 19.3 Å². The van der Waals surface area contributed by atoms with Gasteiger partial charge in [-0.15, -0.1) is 0 Å². The van der Waals surface area contributed by atoms with E-state index in [0.29, 0.717) is 6.54 Å². The van der Waals surface area contributed by atoms with Crippen molar-refractivity contribution in [3.63, 3.8) is 0 Å². The lowest BCUT2D eigenvalue weighted by molar-refractivity contribution is -0.466. The van der Waals surface area contributed by atoms with Crippen molar-refractivity contribution >= 4 is 5.84 Å². The number of hydrogen-bond donors (Lipinski definition) is 3. The van der Waals surface area contributed by atoms with Crippen LogP contribution in [0.2, 0.25) is 0 Å². The Bertz CT molecular complexity index is 123. The Kier molecular flexibility index (Phi) is 3.22. The minimum absolute atomic E-state index is 0.213. The Morgan fingerprint density at radius 3 is 3.00 bits per heavy atom. The van der Waals surface area contributed by atoms with Crippen LogP contribution in [0.5, 0.6) is 0 Å². The predicted molar refractivity (Wildman–Crippen MR) is 39.8 cm³/mol. The molecule has 58 valence electrons. The molecule has 0 aromatic rings. The van der Waals surface area contributed by atoms with Crippen LogP contribution in [0.3, 0.4) is 0 Å². The number of aliphatic hydroxyl groups excluding tert-OH is 1. The molecule has 0 spiro atoms. The van der Waals surface area contributed by atoms with E-state index in [4.69, 9.17) is 5.11 Å². The zero-order valence-electron chi connectivity index (χ0n) is 6.19. The zero-order valence-corrected chi connectivity index (χ0v) is 6.19. The lowest BCUT2D eigenvalue weighted by Crippen LogP contribution is -2.77. The van der Waals surface area contributed by atoms with Gasteiger partial charge >= 0.3 is 0 Å². The average Bonchev–Trinajstić information content (AvgIpc) is 2.03. The molecule has 0 saturated carbocycles. The molecule has 0 unspecified atom stereocenters. The summed E-state index contributed by atoms with van der Waals surface area (Å²) >= 11 is 0. The Hall–Kier alpha value is -0.570. The van der Waals surface area contributed by atoms with Crippen molar-refractivity contribution in [2.75, 3.05) is 19.7 Å². The van der Waals surface area contributed by atoms with E-state index in [1.165, 1.54) is 18.7 Å². The second-order valence-corrected chi connectivity index (χ2v) is 2.51. The van der Waals surface area contributed by atoms with Gasteiger partial charge in [0.1, 0.15) is 6.54 Å². The third-order valence-corrected chi connectivity index (χ3v) is 1.64. The maximum atomic E-state index is 8.49. The molecule has 0 atom stereocenters. The van der Waals surface area contributed by atoms with Crippen molar-refractivity contribution in [3.05, 3.63) is 0 Å². The third kappa shape index (κ3) is 2.35. The highest BCUT2D eigenvalue weighted by atomic mass is 16.3. The monoisotopic (exact) mass is 143 g/mol. The number of amidine groups is 1. The van der Waals surface area contributed by atoms with Crippen LogP contribution in [0.15, 0.2) is 0 Å². The summed E-state index contributed by atoms with van der Waals surface area (Å²) in [7, 11) is 0. The first kappa shape index (κ1) is 7.54. The lowest BCUT2D eigenvalue weighted by atomic mass is 10.2. The molecular formula is C7H15N2O+. The summed E-state index contributed by atoms with van der Waals surface area (Å²) in [5.41, 5.74) is 0. The first-order valence-electron chi connectivity index (χ1n) is 3.88. The van der Waals surface area contributed by atoms with E-state index >= 15 is 0 Å². The minimum Gasteiger partial charge on any atom is -0.392 e. The SMILES string of the molecule is OCCNC1=[NH+]CCCC1. The number of hydrogen-bond acceptors (Lipinski definition) is 2. The highest BCUT2D eigenvalue weighted by Gasteiger charge is 2.08. The summed E-state index contributed by atoms with van der Waals surface area (Å²) in [6.07, 6.45) is 3.64. The second kappa shape index (κ2) is 4.28. The quantitative estimate of drug-likeness (QED) is 0.428. The molecule has 0 amide bonds. The molecular weight excluding hydrogens is 128 g/mol. The molecule has 1 heterocycles. The highest BCUT2D eigenvalue weighted by molar-refractivity contribution is 5.76. The molecule has 0 aromatic carbocycles. The first-order valence-corrected chi connectivity index (χ1v) is 3.88. The molecule has 0 aliphatic carbocycles. The van der Waals surface area contributed by atoms with Crippen LogP contribution >= 0.6 is 0 Å². The van der Waals surface area contributed by atoms with E-state index in [1.807, 2.05) is 0 Å². The molecule has 10 heavy (non-hydrogen) atoms. The normalized spacial score (nSPS) is 18.3. The summed E-state index contributed by atoms with van der Waals surface area (Å²) in [4.78, 5) is 3.25. The number of rotatable bonds is 2. The molecule has 0 saturated heterocycles. The fraction of sp³-hybridized carbons (Fsp3) is 0.857. The van der Waals surface area contributed by atoms with Gasteiger partial charge in [0.25, 0.3) is 0 Å². The van der Waals surface area contributed by atoms with Gasteiger partial charge in [0.15, 0.2) is 0 Å². The smallest absolute Gasteiger partial charge is 0.242 e. The van der Waals surface area contributed by atoms with Gasteiger partial charge in [-0.2, -0.15) is 0 Å². The summed E-state index contributed by atoms with van der Waals surface area (Å²) < 4.78 is 0. The van der Waals surface area contributed by atoms with Gasteiger partial charge in [0, 0.05) is 6.42 Å². The standard InChI is InChI=1S/C7H14N2O/c10-6-5-9-7-3-1-2-4-8-7/h10H,1-6H2,(H,8,9)/p+1. The van der Waals surface area contributed by atoms with Crippen LogP contribution in [0.4, 0.5) is 0 Å². The predicted octanol–water partition coefficient (Wildman–Crippen LogP) is -1.77. The van der Waals surface area contributed by atoms with Gasteiger partial charge in [-0.05, 0) is 12.8 Å². The minimum atomic E-state index is 0.213. The van der Waals surface area contributed by atoms with Crippen LogP contribution < -0.4 is 10.3 Å². The topological polar surface area (TPSA) is 46.2 Å².